The first kappa shape index (κ1) is 17.5. The third kappa shape index (κ3) is 3.63. The van der Waals surface area contributed by atoms with E-state index < -0.39 is 5.97 Å². The van der Waals surface area contributed by atoms with Crippen LogP contribution in [-0.4, -0.2) is 23.8 Å². The summed E-state index contributed by atoms with van der Waals surface area (Å²) in [6.45, 7) is 0. The Kier molecular flexibility index (Phi) is 4.75. The highest BCUT2D eigenvalue weighted by Crippen LogP contribution is 2.36. The molecule has 138 valence electrons. The Morgan fingerprint density at radius 2 is 2.00 bits per heavy atom. The van der Waals surface area contributed by atoms with Gasteiger partial charge in [0.25, 0.3) is 0 Å². The monoisotopic (exact) mass is 363 g/mol. The zero-order valence-electron chi connectivity index (χ0n) is 15.2. The average molecular weight is 363 g/mol. The second kappa shape index (κ2) is 7.35. The number of methoxy groups -OCH3 is 1. The number of rotatable bonds is 4. The summed E-state index contributed by atoms with van der Waals surface area (Å²) < 4.78 is 10.9. The lowest BCUT2D eigenvalue weighted by Gasteiger charge is -2.22. The number of nitrogens with zero attached hydrogens (tertiary/aromatic N) is 1. The highest BCUT2D eigenvalue weighted by atomic mass is 16.5. The van der Waals surface area contributed by atoms with E-state index in [1.54, 1.807) is 12.3 Å². The van der Waals surface area contributed by atoms with E-state index in [-0.39, 0.29) is 0 Å². The normalized spacial score (nSPS) is 16.3. The summed E-state index contributed by atoms with van der Waals surface area (Å²) in [5, 5.41) is 0. The molecule has 0 aliphatic heterocycles. The van der Waals surface area contributed by atoms with E-state index in [2.05, 4.69) is 11.1 Å². The fraction of sp³-hybridized carbons (Fsp3) is 0.318. The van der Waals surface area contributed by atoms with Crippen molar-refractivity contribution < 1.29 is 19.1 Å². The molecule has 5 heteroatoms. The number of benzene rings is 1. The van der Waals surface area contributed by atoms with E-state index >= 15 is 0 Å². The van der Waals surface area contributed by atoms with Gasteiger partial charge in [0.05, 0.1) is 19.0 Å². The van der Waals surface area contributed by atoms with Crippen molar-refractivity contribution in [2.75, 3.05) is 7.11 Å². The Labute approximate surface area is 158 Å². The smallest absolute Gasteiger partial charge is 0.341 e. The average Bonchev–Trinajstić information content (AvgIpc) is 3.16. The van der Waals surface area contributed by atoms with Crippen molar-refractivity contribution in [3.63, 3.8) is 0 Å². The first-order chi connectivity index (χ1) is 13.1. The standard InChI is InChI=1S/C22H21NO4/c1-26-22(25)19-10-7-15(14-5-8-17(24)9-6-14)12-21(19)27-18-11-16-3-2-4-20(16)23-13-18/h2-3,7,10-14H,4-6,8-9H2,1H3. The molecule has 0 atom stereocenters. The number of allylic oxidation sites excluding steroid dienone is 1. The first-order valence-corrected chi connectivity index (χ1v) is 9.21. The Balaban J connectivity index is 1.65. The van der Waals surface area contributed by atoms with Crippen LogP contribution in [0.2, 0.25) is 0 Å². The SMILES string of the molecule is COC(=O)c1ccc(C2CCC(=O)CC2)cc1Oc1cnc2c(c1)C=CC2. The largest absolute Gasteiger partial charge is 0.465 e. The second-order valence-electron chi connectivity index (χ2n) is 6.98. The molecule has 1 heterocycles. The molecule has 4 rings (SSSR count). The zero-order valence-corrected chi connectivity index (χ0v) is 15.2. The number of hydrogen-bond donors (Lipinski definition) is 0. The van der Waals surface area contributed by atoms with Crippen LogP contribution >= 0.6 is 0 Å². The summed E-state index contributed by atoms with van der Waals surface area (Å²) in [7, 11) is 1.36. The van der Waals surface area contributed by atoms with Crippen molar-refractivity contribution in [3.05, 3.63) is 58.9 Å². The highest BCUT2D eigenvalue weighted by molar-refractivity contribution is 5.92. The van der Waals surface area contributed by atoms with Crippen LogP contribution in [0.5, 0.6) is 11.5 Å². The van der Waals surface area contributed by atoms with Crippen LogP contribution in [0.1, 0.15) is 58.8 Å². The van der Waals surface area contributed by atoms with E-state index in [0.29, 0.717) is 41.6 Å². The number of aromatic nitrogens is 1. The van der Waals surface area contributed by atoms with Crippen LogP contribution in [0.3, 0.4) is 0 Å². The quantitative estimate of drug-likeness (QED) is 0.751. The van der Waals surface area contributed by atoms with Crippen molar-refractivity contribution in [2.24, 2.45) is 0 Å². The topological polar surface area (TPSA) is 65.5 Å². The minimum absolute atomic E-state index is 0.304. The van der Waals surface area contributed by atoms with Gasteiger partial charge in [-0.05, 0) is 48.1 Å². The Morgan fingerprint density at radius 3 is 2.78 bits per heavy atom. The lowest BCUT2D eigenvalue weighted by Crippen LogP contribution is -2.13. The lowest BCUT2D eigenvalue weighted by atomic mass is 9.83. The number of carbonyl (C=O) groups excluding carboxylic acids is 2. The number of ketones is 1. The van der Waals surface area contributed by atoms with Crippen LogP contribution in [0.4, 0.5) is 0 Å². The van der Waals surface area contributed by atoms with Crippen molar-refractivity contribution in [3.8, 4) is 11.5 Å². The fourth-order valence-corrected chi connectivity index (χ4v) is 3.71. The van der Waals surface area contributed by atoms with Gasteiger partial charge in [-0.15, -0.1) is 0 Å². The van der Waals surface area contributed by atoms with Gasteiger partial charge in [-0.2, -0.15) is 0 Å². The van der Waals surface area contributed by atoms with Gasteiger partial charge < -0.3 is 9.47 Å². The number of pyridine rings is 1. The first-order valence-electron chi connectivity index (χ1n) is 9.21. The van der Waals surface area contributed by atoms with Crippen molar-refractivity contribution in [2.45, 2.75) is 38.0 Å². The number of Topliss-reactive ketones (excluding diaryl/α,β-unsaturated/α-hetero) is 1. The minimum atomic E-state index is -0.440. The van der Waals surface area contributed by atoms with Gasteiger partial charge in [0.2, 0.25) is 0 Å². The number of fused-ring (bicyclic) bond motifs is 1. The molecule has 1 saturated carbocycles. The molecule has 2 aliphatic carbocycles. The van der Waals surface area contributed by atoms with Crippen LogP contribution in [0, 0.1) is 0 Å². The summed E-state index contributed by atoms with van der Waals surface area (Å²) in [6, 6.07) is 7.51. The van der Waals surface area contributed by atoms with Crippen LogP contribution in [0.25, 0.3) is 6.08 Å². The Bertz CT molecular complexity index is 922. The summed E-state index contributed by atoms with van der Waals surface area (Å²) in [6.07, 6.45) is 9.49. The maximum absolute atomic E-state index is 12.2. The molecule has 0 unspecified atom stereocenters. The van der Waals surface area contributed by atoms with Gasteiger partial charge in [-0.25, -0.2) is 4.79 Å². The molecule has 2 aromatic rings. The molecule has 5 nitrogen and oxygen atoms in total. The van der Waals surface area contributed by atoms with Crippen LogP contribution in [-0.2, 0) is 16.0 Å². The molecule has 0 amide bonds. The maximum Gasteiger partial charge on any atom is 0.341 e. The molecule has 0 radical (unpaired) electrons. The molecule has 0 saturated heterocycles. The van der Waals surface area contributed by atoms with E-state index in [1.807, 2.05) is 24.3 Å². The van der Waals surface area contributed by atoms with E-state index in [9.17, 15) is 9.59 Å². The van der Waals surface area contributed by atoms with Gasteiger partial charge in [-0.1, -0.05) is 18.2 Å². The van der Waals surface area contributed by atoms with Gasteiger partial charge in [0.1, 0.15) is 22.8 Å². The van der Waals surface area contributed by atoms with Gasteiger partial charge in [-0.3, -0.25) is 9.78 Å². The molecule has 2 aliphatic rings. The molecule has 1 fully saturated rings. The van der Waals surface area contributed by atoms with Gasteiger partial charge in [0.15, 0.2) is 0 Å². The predicted molar refractivity (Wildman–Crippen MR) is 101 cm³/mol. The number of hydrogen-bond acceptors (Lipinski definition) is 5. The third-order valence-electron chi connectivity index (χ3n) is 5.24. The van der Waals surface area contributed by atoms with Crippen LogP contribution in [0.15, 0.2) is 36.5 Å². The number of esters is 1. The summed E-state index contributed by atoms with van der Waals surface area (Å²) in [5.74, 6) is 1.23. The third-order valence-corrected chi connectivity index (χ3v) is 5.24. The summed E-state index contributed by atoms with van der Waals surface area (Å²) >= 11 is 0. The maximum atomic E-state index is 12.2. The lowest BCUT2D eigenvalue weighted by molar-refractivity contribution is -0.120. The van der Waals surface area contributed by atoms with E-state index in [0.717, 1.165) is 36.1 Å². The van der Waals surface area contributed by atoms with Gasteiger partial charge in [0, 0.05) is 19.3 Å². The predicted octanol–water partition coefficient (Wildman–Crippen LogP) is 4.46. The summed E-state index contributed by atoms with van der Waals surface area (Å²) in [5.41, 5.74) is 3.52. The molecule has 0 spiro atoms. The fourth-order valence-electron chi connectivity index (χ4n) is 3.71. The molecule has 27 heavy (non-hydrogen) atoms. The molecular formula is C22H21NO4. The van der Waals surface area contributed by atoms with Crippen molar-refractivity contribution in [1.82, 2.24) is 4.98 Å². The van der Waals surface area contributed by atoms with Crippen molar-refractivity contribution in [1.29, 1.82) is 0 Å². The van der Waals surface area contributed by atoms with E-state index in [4.69, 9.17) is 9.47 Å². The second-order valence-corrected chi connectivity index (χ2v) is 6.98. The molecular weight excluding hydrogens is 342 g/mol. The zero-order chi connectivity index (χ0) is 18.8. The molecule has 1 aromatic heterocycles. The highest BCUT2D eigenvalue weighted by Gasteiger charge is 2.23. The van der Waals surface area contributed by atoms with Crippen LogP contribution < -0.4 is 4.74 Å². The minimum Gasteiger partial charge on any atom is -0.465 e. The van der Waals surface area contributed by atoms with Gasteiger partial charge >= 0.3 is 5.97 Å². The number of ether oxygens (including phenoxy) is 2. The summed E-state index contributed by atoms with van der Waals surface area (Å²) in [4.78, 5) is 28.1. The molecule has 0 N–H and O–H groups in total. The molecule has 0 bridgehead atoms. The number of carbonyl (C=O) groups is 2. The Hall–Kier alpha value is -2.95. The van der Waals surface area contributed by atoms with Crippen molar-refractivity contribution >= 4 is 17.8 Å². The molecule has 1 aromatic carbocycles. The Morgan fingerprint density at radius 1 is 1.19 bits per heavy atom. The van der Waals surface area contributed by atoms with E-state index in [1.165, 1.54) is 7.11 Å².